The predicted molar refractivity (Wildman–Crippen MR) is 154 cm³/mol. The van der Waals surface area contributed by atoms with Gasteiger partial charge in [-0.3, -0.25) is 9.45 Å². The molecule has 1 aliphatic heterocycles. The molecule has 4 aromatic carbocycles. The van der Waals surface area contributed by atoms with Gasteiger partial charge in [-0.25, -0.2) is 0 Å². The van der Waals surface area contributed by atoms with Crippen LogP contribution in [0.3, 0.4) is 0 Å². The van der Waals surface area contributed by atoms with E-state index < -0.39 is 15.7 Å². The Bertz CT molecular complexity index is 1450. The maximum atomic E-state index is 11.7. The standard InChI is InChI=1S/C22H27NO.C10H8O3S/c1-19(18-23-15-9-4-10-16-23)22(24,21-13-7-3-8-14-21)17-20-11-5-2-6-12-20;11-14(12,13)10-6-5-8-3-1-2-4-9(8)7-10/h2-9,11-14,19,24H,10,15-18H2,1H3;1-7H,(H,11,12,13). The number of hydrogen-bond donors (Lipinski definition) is 2. The second-order valence-corrected chi connectivity index (χ2v) is 11.3. The zero-order valence-electron chi connectivity index (χ0n) is 21.6. The summed E-state index contributed by atoms with van der Waals surface area (Å²) in [5.41, 5.74) is 1.33. The number of fused-ring (bicyclic) bond motifs is 1. The number of nitrogens with zero attached hydrogens (tertiary/aromatic N) is 1. The van der Waals surface area contributed by atoms with E-state index in [-0.39, 0.29) is 10.8 Å². The van der Waals surface area contributed by atoms with Crippen molar-refractivity contribution in [1.82, 2.24) is 4.90 Å². The van der Waals surface area contributed by atoms with E-state index in [4.69, 9.17) is 4.55 Å². The summed E-state index contributed by atoms with van der Waals surface area (Å²) in [6.45, 7) is 5.15. The number of rotatable bonds is 7. The quantitative estimate of drug-likeness (QED) is 0.223. The highest BCUT2D eigenvalue weighted by Crippen LogP contribution is 2.34. The van der Waals surface area contributed by atoms with Crippen molar-refractivity contribution in [1.29, 1.82) is 0 Å². The first kappa shape index (κ1) is 27.7. The Balaban J connectivity index is 0.000000204. The largest absolute Gasteiger partial charge is 0.384 e. The van der Waals surface area contributed by atoms with Gasteiger partial charge in [0.2, 0.25) is 0 Å². The van der Waals surface area contributed by atoms with Gasteiger partial charge in [0.1, 0.15) is 0 Å². The van der Waals surface area contributed by atoms with Crippen molar-refractivity contribution >= 4 is 20.9 Å². The third kappa shape index (κ3) is 7.17. The summed E-state index contributed by atoms with van der Waals surface area (Å²) in [6, 6.07) is 32.3. The van der Waals surface area contributed by atoms with E-state index in [9.17, 15) is 13.5 Å². The Hall–Kier alpha value is -3.29. The smallest absolute Gasteiger partial charge is 0.294 e. The summed E-state index contributed by atoms with van der Waals surface area (Å²) in [5.74, 6) is 0.145. The van der Waals surface area contributed by atoms with Gasteiger partial charge in [0.05, 0.1) is 10.5 Å². The third-order valence-corrected chi connectivity index (χ3v) is 7.95. The van der Waals surface area contributed by atoms with E-state index in [1.807, 2.05) is 54.6 Å². The summed E-state index contributed by atoms with van der Waals surface area (Å²) in [5, 5.41) is 13.4. The van der Waals surface area contributed by atoms with Crippen molar-refractivity contribution in [3.05, 3.63) is 126 Å². The van der Waals surface area contributed by atoms with Gasteiger partial charge in [-0.1, -0.05) is 110 Å². The first-order chi connectivity index (χ1) is 18.3. The average molecular weight is 530 g/mol. The molecule has 0 fully saturated rings. The van der Waals surface area contributed by atoms with Crippen LogP contribution in [0.2, 0.25) is 0 Å². The van der Waals surface area contributed by atoms with Crippen LogP contribution in [0.25, 0.3) is 10.8 Å². The molecule has 0 saturated heterocycles. The van der Waals surface area contributed by atoms with E-state index in [0.29, 0.717) is 6.42 Å². The highest BCUT2D eigenvalue weighted by Gasteiger charge is 2.36. The SMILES string of the molecule is CC(CN1CC=CCC1)C(O)(Cc1ccccc1)c1ccccc1.O=S(=O)(O)c1ccc2ccccc2c1. The minimum absolute atomic E-state index is 0.0730. The summed E-state index contributed by atoms with van der Waals surface area (Å²) >= 11 is 0. The van der Waals surface area contributed by atoms with E-state index >= 15 is 0 Å². The van der Waals surface area contributed by atoms with Gasteiger partial charge in [-0.15, -0.1) is 0 Å². The number of benzene rings is 4. The lowest BCUT2D eigenvalue weighted by molar-refractivity contribution is -0.0290. The van der Waals surface area contributed by atoms with Crippen LogP contribution >= 0.6 is 0 Å². The Kier molecular flexibility index (Phi) is 9.13. The molecule has 0 aliphatic carbocycles. The second-order valence-electron chi connectivity index (χ2n) is 9.86. The molecule has 0 bridgehead atoms. The lowest BCUT2D eigenvalue weighted by atomic mass is 9.77. The van der Waals surface area contributed by atoms with E-state index in [2.05, 4.69) is 48.2 Å². The average Bonchev–Trinajstić information content (AvgIpc) is 2.94. The fraction of sp³-hybridized carbons (Fsp3) is 0.250. The topological polar surface area (TPSA) is 77.8 Å². The van der Waals surface area contributed by atoms with Gasteiger partial charge in [-0.05, 0) is 40.5 Å². The van der Waals surface area contributed by atoms with Crippen molar-refractivity contribution in [2.24, 2.45) is 5.92 Å². The van der Waals surface area contributed by atoms with E-state index in [0.717, 1.165) is 42.4 Å². The molecule has 4 aromatic rings. The molecular formula is C32H35NO4S. The van der Waals surface area contributed by atoms with Gasteiger partial charge in [-0.2, -0.15) is 8.42 Å². The molecule has 5 nitrogen and oxygen atoms in total. The van der Waals surface area contributed by atoms with Crippen LogP contribution < -0.4 is 0 Å². The summed E-state index contributed by atoms with van der Waals surface area (Å²) in [6.07, 6.45) is 6.22. The van der Waals surface area contributed by atoms with Crippen molar-refractivity contribution in [3.63, 3.8) is 0 Å². The normalized spacial score (nSPS) is 16.3. The molecular weight excluding hydrogens is 494 g/mol. The monoisotopic (exact) mass is 529 g/mol. The fourth-order valence-corrected chi connectivity index (χ4v) is 5.43. The molecule has 0 amide bonds. The number of aliphatic hydroxyl groups is 1. The van der Waals surface area contributed by atoms with Crippen molar-refractivity contribution in [2.45, 2.75) is 30.3 Å². The highest BCUT2D eigenvalue weighted by atomic mass is 32.2. The maximum Gasteiger partial charge on any atom is 0.294 e. The van der Waals surface area contributed by atoms with Gasteiger partial charge < -0.3 is 5.11 Å². The zero-order valence-corrected chi connectivity index (χ0v) is 22.5. The minimum atomic E-state index is -4.09. The van der Waals surface area contributed by atoms with Gasteiger partial charge in [0.15, 0.2) is 0 Å². The Morgan fingerprint density at radius 2 is 1.47 bits per heavy atom. The minimum Gasteiger partial charge on any atom is -0.384 e. The molecule has 0 spiro atoms. The molecule has 0 aromatic heterocycles. The molecule has 1 heterocycles. The molecule has 2 unspecified atom stereocenters. The van der Waals surface area contributed by atoms with Gasteiger partial charge >= 0.3 is 0 Å². The predicted octanol–water partition coefficient (Wildman–Crippen LogP) is 6.10. The lowest BCUT2D eigenvalue weighted by Gasteiger charge is -2.38. The number of hydrogen-bond acceptors (Lipinski definition) is 4. The van der Waals surface area contributed by atoms with Crippen LogP contribution in [0, 0.1) is 5.92 Å². The van der Waals surface area contributed by atoms with Crippen molar-refractivity contribution in [3.8, 4) is 0 Å². The second kappa shape index (κ2) is 12.5. The van der Waals surface area contributed by atoms with E-state index in [1.54, 1.807) is 12.1 Å². The van der Waals surface area contributed by atoms with Gasteiger partial charge in [0.25, 0.3) is 10.1 Å². The fourth-order valence-electron chi connectivity index (χ4n) is 4.92. The van der Waals surface area contributed by atoms with Crippen LogP contribution in [0.5, 0.6) is 0 Å². The zero-order chi connectivity index (χ0) is 27.0. The van der Waals surface area contributed by atoms with Gasteiger partial charge in [0, 0.05) is 32.0 Å². The summed E-state index contributed by atoms with van der Waals surface area (Å²) in [4.78, 5) is 2.36. The first-order valence-electron chi connectivity index (χ1n) is 12.9. The molecule has 198 valence electrons. The van der Waals surface area contributed by atoms with Crippen LogP contribution in [-0.2, 0) is 22.1 Å². The van der Waals surface area contributed by atoms with Crippen molar-refractivity contribution < 1.29 is 18.1 Å². The molecule has 0 saturated carbocycles. The van der Waals surface area contributed by atoms with E-state index in [1.165, 1.54) is 17.7 Å². The molecule has 5 rings (SSSR count). The van der Waals surface area contributed by atoms with Crippen LogP contribution in [-0.4, -0.2) is 42.6 Å². The molecule has 0 radical (unpaired) electrons. The maximum absolute atomic E-state index is 11.7. The first-order valence-corrected chi connectivity index (χ1v) is 14.4. The third-order valence-electron chi connectivity index (χ3n) is 7.10. The van der Waals surface area contributed by atoms with Crippen LogP contribution in [0.15, 0.2) is 120 Å². The molecule has 38 heavy (non-hydrogen) atoms. The molecule has 1 aliphatic rings. The Morgan fingerprint density at radius 1 is 0.842 bits per heavy atom. The molecule has 6 heteroatoms. The lowest BCUT2D eigenvalue weighted by Crippen LogP contribution is -2.43. The summed E-state index contributed by atoms with van der Waals surface area (Å²) in [7, 11) is -4.09. The highest BCUT2D eigenvalue weighted by molar-refractivity contribution is 7.85. The van der Waals surface area contributed by atoms with Crippen LogP contribution in [0.1, 0.15) is 24.5 Å². The van der Waals surface area contributed by atoms with Crippen LogP contribution in [0.4, 0.5) is 0 Å². The Labute approximate surface area is 225 Å². The molecule has 2 atom stereocenters. The molecule has 2 N–H and O–H groups in total. The summed E-state index contributed by atoms with van der Waals surface area (Å²) < 4.78 is 30.5. The van der Waals surface area contributed by atoms with Crippen molar-refractivity contribution in [2.75, 3.05) is 19.6 Å². The Morgan fingerprint density at radius 3 is 2.11 bits per heavy atom.